The molecule has 0 amide bonds. The van der Waals surface area contributed by atoms with E-state index in [4.69, 9.17) is 0 Å². The number of nitrogens with one attached hydrogen (secondary N) is 1. The number of rotatable bonds is 9. The molecule has 0 aliphatic rings. The fraction of sp³-hybridized carbons (Fsp3) is 0.156. The second-order valence-corrected chi connectivity index (χ2v) is 9.35. The summed E-state index contributed by atoms with van der Waals surface area (Å²) in [6, 6.07) is 26.4. The highest BCUT2D eigenvalue weighted by atomic mass is 19.1. The maximum atomic E-state index is 15.3. The van der Waals surface area contributed by atoms with Crippen molar-refractivity contribution in [1.29, 1.82) is 0 Å². The first-order valence-electron chi connectivity index (χ1n) is 12.7. The fourth-order valence-electron chi connectivity index (χ4n) is 4.99. The Morgan fingerprint density at radius 3 is 2.42 bits per heavy atom. The Morgan fingerprint density at radius 2 is 1.68 bits per heavy atom. The summed E-state index contributed by atoms with van der Waals surface area (Å²) in [6.07, 6.45) is 2.03. The first kappa shape index (κ1) is 25.1. The van der Waals surface area contributed by atoms with Crippen molar-refractivity contribution in [3.05, 3.63) is 114 Å². The molecule has 1 atom stereocenters. The van der Waals surface area contributed by atoms with Crippen LogP contribution in [-0.4, -0.2) is 26.8 Å². The number of hydrogen-bond donors (Lipinski definition) is 2. The van der Waals surface area contributed by atoms with Crippen molar-refractivity contribution in [3.8, 4) is 22.5 Å². The zero-order chi connectivity index (χ0) is 26.6. The number of ketones is 1. The fourth-order valence-corrected chi connectivity index (χ4v) is 4.99. The molecule has 0 fully saturated rings. The molecule has 190 valence electrons. The van der Waals surface area contributed by atoms with Crippen LogP contribution in [0.3, 0.4) is 0 Å². The number of aromatic nitrogens is 2. The predicted octanol–water partition coefficient (Wildman–Crippen LogP) is 7.89. The number of nitrogens with zero attached hydrogens (tertiary/aromatic N) is 1. The van der Waals surface area contributed by atoms with Gasteiger partial charge in [-0.3, -0.25) is 4.79 Å². The summed E-state index contributed by atoms with van der Waals surface area (Å²) in [4.78, 5) is 33.4. The number of para-hydroxylation sites is 2. The van der Waals surface area contributed by atoms with E-state index in [1.54, 1.807) is 18.2 Å². The van der Waals surface area contributed by atoms with Crippen molar-refractivity contribution in [2.75, 3.05) is 0 Å². The molecule has 2 N–H and O–H groups in total. The molecule has 0 bridgehead atoms. The molecule has 1 heterocycles. The van der Waals surface area contributed by atoms with Gasteiger partial charge >= 0.3 is 5.97 Å². The predicted molar refractivity (Wildman–Crippen MR) is 147 cm³/mol. The van der Waals surface area contributed by atoms with Crippen molar-refractivity contribution in [1.82, 2.24) is 9.97 Å². The molecule has 0 aliphatic carbocycles. The van der Waals surface area contributed by atoms with E-state index >= 15 is 4.39 Å². The lowest BCUT2D eigenvalue weighted by molar-refractivity contribution is 0.0697. The van der Waals surface area contributed by atoms with Crippen molar-refractivity contribution in [3.63, 3.8) is 0 Å². The highest BCUT2D eigenvalue weighted by Crippen LogP contribution is 2.37. The van der Waals surface area contributed by atoms with Gasteiger partial charge in [0.05, 0.1) is 16.6 Å². The van der Waals surface area contributed by atoms with Crippen LogP contribution in [0.4, 0.5) is 4.39 Å². The molecule has 0 saturated heterocycles. The highest BCUT2D eigenvalue weighted by Gasteiger charge is 2.23. The van der Waals surface area contributed by atoms with Gasteiger partial charge in [0.1, 0.15) is 11.6 Å². The Hall–Kier alpha value is -4.58. The molecule has 0 spiro atoms. The summed E-state index contributed by atoms with van der Waals surface area (Å²) in [7, 11) is 0. The van der Waals surface area contributed by atoms with Gasteiger partial charge in [0.2, 0.25) is 0 Å². The van der Waals surface area contributed by atoms with E-state index in [-0.39, 0.29) is 34.8 Å². The van der Waals surface area contributed by atoms with Gasteiger partial charge in [-0.15, -0.1) is 0 Å². The molecule has 5 rings (SSSR count). The summed E-state index contributed by atoms with van der Waals surface area (Å²) < 4.78 is 15.3. The van der Waals surface area contributed by atoms with Crippen LogP contribution in [0, 0.1) is 5.82 Å². The number of aromatic amines is 1. The average molecular weight is 507 g/mol. The summed E-state index contributed by atoms with van der Waals surface area (Å²) in [5.74, 6) is -1.49. The van der Waals surface area contributed by atoms with E-state index in [2.05, 4.69) is 16.9 Å². The Labute approximate surface area is 220 Å². The Kier molecular flexibility index (Phi) is 7.13. The van der Waals surface area contributed by atoms with Crippen LogP contribution in [0.15, 0.2) is 91.0 Å². The van der Waals surface area contributed by atoms with E-state index in [1.807, 2.05) is 54.6 Å². The minimum Gasteiger partial charge on any atom is -0.478 e. The second-order valence-electron chi connectivity index (χ2n) is 9.35. The normalized spacial score (nSPS) is 11.9. The summed E-state index contributed by atoms with van der Waals surface area (Å²) in [6.45, 7) is 2.08. The number of imidazole rings is 1. The molecule has 0 unspecified atom stereocenters. The number of carboxylic acids is 1. The molecular weight excluding hydrogens is 479 g/mol. The highest BCUT2D eigenvalue weighted by molar-refractivity contribution is 6.04. The Balaban J connectivity index is 1.55. The van der Waals surface area contributed by atoms with Crippen LogP contribution in [0.2, 0.25) is 0 Å². The second kappa shape index (κ2) is 10.8. The van der Waals surface area contributed by atoms with Crippen molar-refractivity contribution in [2.24, 2.45) is 0 Å². The number of halogens is 1. The van der Waals surface area contributed by atoms with Gasteiger partial charge in [0.15, 0.2) is 5.78 Å². The van der Waals surface area contributed by atoms with Crippen LogP contribution in [-0.2, 0) is 0 Å². The molecule has 4 aromatic carbocycles. The van der Waals surface area contributed by atoms with Crippen LogP contribution in [0.5, 0.6) is 0 Å². The third kappa shape index (κ3) is 4.98. The number of hydrogen-bond acceptors (Lipinski definition) is 3. The number of fused-ring (bicyclic) bond motifs is 1. The van der Waals surface area contributed by atoms with E-state index in [0.717, 1.165) is 29.4 Å². The maximum Gasteiger partial charge on any atom is 0.336 e. The van der Waals surface area contributed by atoms with Gasteiger partial charge in [0.25, 0.3) is 0 Å². The topological polar surface area (TPSA) is 83.0 Å². The van der Waals surface area contributed by atoms with Crippen LogP contribution in [0.25, 0.3) is 33.5 Å². The largest absolute Gasteiger partial charge is 0.478 e. The zero-order valence-electron chi connectivity index (χ0n) is 20.9. The lowest BCUT2D eigenvalue weighted by atomic mass is 9.87. The maximum absolute atomic E-state index is 15.3. The third-order valence-electron chi connectivity index (χ3n) is 6.84. The van der Waals surface area contributed by atoms with Gasteiger partial charge in [-0.2, -0.15) is 0 Å². The number of H-pyrrole nitrogens is 1. The smallest absolute Gasteiger partial charge is 0.336 e. The number of carboxylic acid groups (broad SMARTS) is 1. The van der Waals surface area contributed by atoms with Crippen LogP contribution in [0.1, 0.15) is 58.4 Å². The SMILES string of the molecule is CCC[C@@H](CC(=O)c1ccc(-c2c(F)cccc2-c2nc3ccccc3[nH]2)c(C(=O)O)c1)c1ccccc1. The number of benzene rings is 4. The molecule has 0 aliphatic heterocycles. The molecule has 5 aromatic rings. The molecule has 5 nitrogen and oxygen atoms in total. The number of Topliss-reactive ketones (excluding diaryl/α,β-unsaturated/α-hetero) is 1. The molecule has 38 heavy (non-hydrogen) atoms. The van der Waals surface area contributed by atoms with Crippen molar-refractivity contribution >= 4 is 22.8 Å². The van der Waals surface area contributed by atoms with E-state index in [1.165, 1.54) is 18.2 Å². The lowest BCUT2D eigenvalue weighted by Gasteiger charge is -2.17. The average Bonchev–Trinajstić information content (AvgIpc) is 3.37. The van der Waals surface area contributed by atoms with E-state index in [9.17, 15) is 14.7 Å². The summed E-state index contributed by atoms with van der Waals surface area (Å²) in [5, 5.41) is 10.1. The first-order valence-corrected chi connectivity index (χ1v) is 12.7. The summed E-state index contributed by atoms with van der Waals surface area (Å²) >= 11 is 0. The molecule has 1 aromatic heterocycles. The van der Waals surface area contributed by atoms with Gasteiger partial charge in [-0.1, -0.05) is 80.1 Å². The Bertz CT molecular complexity index is 1590. The molecule has 6 heteroatoms. The number of carbonyl (C=O) groups is 2. The lowest BCUT2D eigenvalue weighted by Crippen LogP contribution is -2.10. The van der Waals surface area contributed by atoms with Crippen molar-refractivity contribution in [2.45, 2.75) is 32.1 Å². The molecule has 0 radical (unpaired) electrons. The summed E-state index contributed by atoms with van der Waals surface area (Å²) in [5.41, 5.74) is 3.51. The van der Waals surface area contributed by atoms with Gasteiger partial charge < -0.3 is 10.1 Å². The van der Waals surface area contributed by atoms with Gasteiger partial charge in [0, 0.05) is 23.1 Å². The van der Waals surface area contributed by atoms with Crippen molar-refractivity contribution < 1.29 is 19.1 Å². The molecule has 0 saturated carbocycles. The van der Waals surface area contributed by atoms with Gasteiger partial charge in [-0.25, -0.2) is 14.2 Å². The minimum absolute atomic E-state index is 0.0351. The Morgan fingerprint density at radius 1 is 0.921 bits per heavy atom. The van der Waals surface area contributed by atoms with Crippen LogP contribution >= 0.6 is 0 Å². The third-order valence-corrected chi connectivity index (χ3v) is 6.84. The number of aromatic carboxylic acids is 1. The van der Waals surface area contributed by atoms with Gasteiger partial charge in [-0.05, 0) is 47.7 Å². The van der Waals surface area contributed by atoms with E-state index in [0.29, 0.717) is 17.0 Å². The quantitative estimate of drug-likeness (QED) is 0.199. The monoisotopic (exact) mass is 506 g/mol. The standard InChI is InChI=1S/C32H27FN2O3/c1-2-9-21(20-10-4-3-5-11-20)19-29(36)22-16-17-23(25(18-22)32(37)38)30-24(12-8-13-26(30)33)31-34-27-14-6-7-15-28(27)35-31/h3-8,10-18,21H,2,9,19H2,1H3,(H,34,35)(H,37,38)/t21-/m0/s1. The zero-order valence-corrected chi connectivity index (χ0v) is 20.9. The van der Waals surface area contributed by atoms with Crippen LogP contribution < -0.4 is 0 Å². The molecular formula is C32H27FN2O3. The number of carbonyl (C=O) groups excluding carboxylic acids is 1. The minimum atomic E-state index is -1.23. The first-order chi connectivity index (χ1) is 18.5. The van der Waals surface area contributed by atoms with E-state index < -0.39 is 11.8 Å².